The second kappa shape index (κ2) is 12.4. The minimum absolute atomic E-state index is 0.119. The Kier molecular flexibility index (Phi) is 12.9. The summed E-state index contributed by atoms with van der Waals surface area (Å²) in [4.78, 5) is 11.7. The summed E-state index contributed by atoms with van der Waals surface area (Å²) in [5, 5.41) is 0. The zero-order valence-electron chi connectivity index (χ0n) is 14.6. The molecule has 3 heteroatoms. The van der Waals surface area contributed by atoms with Crippen molar-refractivity contribution in [2.45, 2.75) is 48.0 Å². The number of esters is 1. The molecule has 0 aliphatic rings. The molecule has 0 aromatic heterocycles. The van der Waals surface area contributed by atoms with Crippen LogP contribution >= 0.6 is 0 Å². The number of hydrogen-bond acceptors (Lipinski definition) is 3. The lowest BCUT2D eigenvalue weighted by Crippen LogP contribution is -2.28. The van der Waals surface area contributed by atoms with Crippen LogP contribution < -0.4 is 5.73 Å². The van der Waals surface area contributed by atoms with Gasteiger partial charge in [0.25, 0.3) is 0 Å². The van der Waals surface area contributed by atoms with Gasteiger partial charge in [0, 0.05) is 5.92 Å². The Morgan fingerprint density at radius 1 is 1.29 bits per heavy atom. The van der Waals surface area contributed by atoms with Gasteiger partial charge in [0.05, 0.1) is 12.0 Å². The number of carbonyl (C=O) groups is 1. The van der Waals surface area contributed by atoms with Gasteiger partial charge < -0.3 is 10.5 Å². The van der Waals surface area contributed by atoms with Crippen molar-refractivity contribution in [1.82, 2.24) is 0 Å². The molecule has 0 saturated carbocycles. The lowest BCUT2D eigenvalue weighted by molar-refractivity contribution is -0.154. The van der Waals surface area contributed by atoms with Crippen molar-refractivity contribution in [2.75, 3.05) is 13.2 Å². The predicted molar refractivity (Wildman–Crippen MR) is 92.0 cm³/mol. The van der Waals surface area contributed by atoms with Crippen molar-refractivity contribution in [3.05, 3.63) is 36.5 Å². The predicted octanol–water partition coefficient (Wildman–Crippen LogP) is 4.26. The molecule has 0 spiro atoms. The Hall–Kier alpha value is -1.35. The molecule has 0 rings (SSSR count). The fourth-order valence-electron chi connectivity index (χ4n) is 1.36. The molecule has 0 aliphatic heterocycles. The van der Waals surface area contributed by atoms with E-state index in [0.717, 1.165) is 12.0 Å². The van der Waals surface area contributed by atoms with E-state index in [1.165, 1.54) is 0 Å². The molecule has 0 aromatic rings. The van der Waals surface area contributed by atoms with Gasteiger partial charge in [0.15, 0.2) is 0 Å². The molecular weight excluding hydrogens is 262 g/mol. The van der Waals surface area contributed by atoms with E-state index >= 15 is 0 Å². The van der Waals surface area contributed by atoms with E-state index in [2.05, 4.69) is 6.58 Å². The maximum Gasteiger partial charge on any atom is 0.311 e. The highest BCUT2D eigenvalue weighted by molar-refractivity contribution is 5.75. The van der Waals surface area contributed by atoms with E-state index in [1.807, 2.05) is 65.8 Å². The Bertz CT molecular complexity index is 349. The van der Waals surface area contributed by atoms with E-state index < -0.39 is 5.41 Å². The Balaban J connectivity index is 0. The maximum atomic E-state index is 11.7. The van der Waals surface area contributed by atoms with Gasteiger partial charge in [0.1, 0.15) is 0 Å². The smallest absolute Gasteiger partial charge is 0.311 e. The highest BCUT2D eigenvalue weighted by Crippen LogP contribution is 2.17. The molecule has 2 N–H and O–H groups in total. The zero-order chi connectivity index (χ0) is 16.9. The summed E-state index contributed by atoms with van der Waals surface area (Å²) in [5.41, 5.74) is 6.22. The van der Waals surface area contributed by atoms with Crippen LogP contribution in [0.3, 0.4) is 0 Å². The quantitative estimate of drug-likeness (QED) is 0.564. The third-order valence-corrected chi connectivity index (χ3v) is 2.58. The fourth-order valence-corrected chi connectivity index (χ4v) is 1.36. The molecule has 0 aliphatic carbocycles. The number of nitrogens with two attached hydrogens (primary N) is 1. The molecule has 3 nitrogen and oxygen atoms in total. The minimum Gasteiger partial charge on any atom is -0.465 e. The molecular formula is C18H33NO2. The van der Waals surface area contributed by atoms with E-state index in [9.17, 15) is 4.79 Å². The largest absolute Gasteiger partial charge is 0.465 e. The molecule has 0 aromatic carbocycles. The zero-order valence-corrected chi connectivity index (χ0v) is 14.6. The molecule has 122 valence electrons. The first-order valence-electron chi connectivity index (χ1n) is 7.65. The summed E-state index contributed by atoms with van der Waals surface area (Å²) in [6.45, 7) is 16.3. The van der Waals surface area contributed by atoms with Crippen molar-refractivity contribution in [3.63, 3.8) is 0 Å². The molecule has 1 unspecified atom stereocenters. The molecule has 1 atom stereocenters. The average molecular weight is 295 g/mol. The molecule has 0 amide bonds. The number of ether oxygens (including phenoxy) is 1. The third kappa shape index (κ3) is 12.1. The van der Waals surface area contributed by atoms with Gasteiger partial charge in [-0.25, -0.2) is 0 Å². The van der Waals surface area contributed by atoms with E-state index in [0.29, 0.717) is 13.2 Å². The average Bonchev–Trinajstić information content (AvgIpc) is 2.44. The van der Waals surface area contributed by atoms with E-state index in [4.69, 9.17) is 10.5 Å². The molecule has 0 heterocycles. The van der Waals surface area contributed by atoms with Crippen molar-refractivity contribution < 1.29 is 9.53 Å². The minimum atomic E-state index is -0.470. The van der Waals surface area contributed by atoms with Gasteiger partial charge >= 0.3 is 5.97 Å². The van der Waals surface area contributed by atoms with Gasteiger partial charge in [-0.15, -0.1) is 0 Å². The summed E-state index contributed by atoms with van der Waals surface area (Å²) in [5.74, 6) is -0.0740. The highest BCUT2D eigenvalue weighted by Gasteiger charge is 2.23. The SMILES string of the molecule is C=C(/C=C\C=C/C)CC(CN)COC(=O)C(C)(C)C.CC. The van der Waals surface area contributed by atoms with Gasteiger partial charge in [0.2, 0.25) is 0 Å². The Labute approximate surface area is 130 Å². The topological polar surface area (TPSA) is 52.3 Å². The first kappa shape index (κ1) is 21.9. The van der Waals surface area contributed by atoms with Crippen LogP contribution in [0.4, 0.5) is 0 Å². The number of rotatable bonds is 7. The van der Waals surface area contributed by atoms with Crippen LogP contribution in [0.2, 0.25) is 0 Å². The molecule has 0 bridgehead atoms. The number of hydrogen-bond donors (Lipinski definition) is 1. The van der Waals surface area contributed by atoms with E-state index in [-0.39, 0.29) is 11.9 Å². The van der Waals surface area contributed by atoms with Crippen LogP contribution in [0.15, 0.2) is 36.5 Å². The maximum absolute atomic E-state index is 11.7. The Morgan fingerprint density at radius 3 is 2.29 bits per heavy atom. The first-order chi connectivity index (χ1) is 9.81. The van der Waals surface area contributed by atoms with Crippen LogP contribution in [-0.4, -0.2) is 19.1 Å². The monoisotopic (exact) mass is 295 g/mol. The molecule has 0 radical (unpaired) electrons. The lowest BCUT2D eigenvalue weighted by atomic mass is 9.97. The van der Waals surface area contributed by atoms with E-state index in [1.54, 1.807) is 0 Å². The normalized spacial score (nSPS) is 12.9. The first-order valence-corrected chi connectivity index (χ1v) is 7.65. The van der Waals surface area contributed by atoms with Gasteiger partial charge in [-0.05, 0) is 40.7 Å². The molecule has 0 fully saturated rings. The second-order valence-corrected chi connectivity index (χ2v) is 5.70. The van der Waals surface area contributed by atoms with Crippen molar-refractivity contribution in [3.8, 4) is 0 Å². The molecule has 0 saturated heterocycles. The van der Waals surface area contributed by atoms with Crippen LogP contribution in [0.25, 0.3) is 0 Å². The third-order valence-electron chi connectivity index (χ3n) is 2.58. The van der Waals surface area contributed by atoms with Crippen molar-refractivity contribution in [1.29, 1.82) is 0 Å². The van der Waals surface area contributed by atoms with Crippen LogP contribution in [0.5, 0.6) is 0 Å². The fraction of sp³-hybridized carbons (Fsp3) is 0.611. The van der Waals surface area contributed by atoms with Gasteiger partial charge in [-0.1, -0.05) is 50.3 Å². The van der Waals surface area contributed by atoms with Crippen LogP contribution in [0, 0.1) is 11.3 Å². The standard InChI is InChI=1S/C16H27NO2.C2H6/c1-6-7-8-9-13(2)10-14(11-17)12-19-15(18)16(3,4)5;1-2/h6-9,14H,2,10-12,17H2,1,3-5H3;1-2H3/b7-6-,9-8-;. The van der Waals surface area contributed by atoms with Gasteiger partial charge in [-0.2, -0.15) is 0 Å². The van der Waals surface area contributed by atoms with Crippen molar-refractivity contribution in [2.24, 2.45) is 17.1 Å². The summed E-state index contributed by atoms with van der Waals surface area (Å²) >= 11 is 0. The molecule has 21 heavy (non-hydrogen) atoms. The summed E-state index contributed by atoms with van der Waals surface area (Å²) in [7, 11) is 0. The Morgan fingerprint density at radius 2 is 1.86 bits per heavy atom. The highest BCUT2D eigenvalue weighted by atomic mass is 16.5. The van der Waals surface area contributed by atoms with Crippen LogP contribution in [0.1, 0.15) is 48.0 Å². The number of carbonyl (C=O) groups excluding carboxylic acids is 1. The van der Waals surface area contributed by atoms with Gasteiger partial charge in [-0.3, -0.25) is 4.79 Å². The summed E-state index contributed by atoms with van der Waals surface area (Å²) in [6.07, 6.45) is 8.53. The second-order valence-electron chi connectivity index (χ2n) is 5.70. The number of allylic oxidation sites excluding steroid dienone is 5. The summed E-state index contributed by atoms with van der Waals surface area (Å²) in [6, 6.07) is 0. The van der Waals surface area contributed by atoms with Crippen molar-refractivity contribution >= 4 is 5.97 Å². The summed E-state index contributed by atoms with van der Waals surface area (Å²) < 4.78 is 5.29. The lowest BCUT2D eigenvalue weighted by Gasteiger charge is -2.20. The van der Waals surface area contributed by atoms with Crippen LogP contribution in [-0.2, 0) is 9.53 Å².